The fourth-order valence-electron chi connectivity index (χ4n) is 3.57. The standard InChI is InChI=1S/C20H25N3O4/c1-5-7-22-12-16-17(19(22)24)18(21-20(25)23(16)8-6-2)13-9-14(26-3)11-15(10-13)27-4/h6,9-11,18H,2,5,7-8,12H2,1,3-4H3,(H,21,25). The first kappa shape index (κ1) is 18.8. The molecular formula is C20H25N3O4. The number of hydrogen-bond acceptors (Lipinski definition) is 4. The van der Waals surface area contributed by atoms with Crippen LogP contribution in [-0.2, 0) is 4.79 Å². The number of rotatable bonds is 7. The van der Waals surface area contributed by atoms with Crippen molar-refractivity contribution in [3.05, 3.63) is 47.7 Å². The molecule has 7 nitrogen and oxygen atoms in total. The minimum absolute atomic E-state index is 0.0484. The van der Waals surface area contributed by atoms with E-state index in [0.29, 0.717) is 36.7 Å². The summed E-state index contributed by atoms with van der Waals surface area (Å²) in [4.78, 5) is 29.2. The van der Waals surface area contributed by atoms with Gasteiger partial charge in [0.25, 0.3) is 5.91 Å². The van der Waals surface area contributed by atoms with E-state index >= 15 is 0 Å². The first-order chi connectivity index (χ1) is 13.0. The molecule has 0 aliphatic carbocycles. The van der Waals surface area contributed by atoms with Crippen molar-refractivity contribution in [1.29, 1.82) is 0 Å². The van der Waals surface area contributed by atoms with E-state index in [4.69, 9.17) is 9.47 Å². The summed E-state index contributed by atoms with van der Waals surface area (Å²) in [5.74, 6) is 1.16. The van der Waals surface area contributed by atoms with Crippen molar-refractivity contribution < 1.29 is 19.1 Å². The number of nitrogens with zero attached hydrogens (tertiary/aromatic N) is 2. The number of hydrogen-bond donors (Lipinski definition) is 1. The third-order valence-electron chi connectivity index (χ3n) is 4.81. The predicted molar refractivity (Wildman–Crippen MR) is 102 cm³/mol. The number of urea groups is 1. The molecule has 0 aromatic heterocycles. The molecule has 1 unspecified atom stereocenters. The summed E-state index contributed by atoms with van der Waals surface area (Å²) in [6.07, 6.45) is 2.51. The van der Waals surface area contributed by atoms with Gasteiger partial charge in [-0.1, -0.05) is 13.0 Å². The van der Waals surface area contributed by atoms with Gasteiger partial charge in [-0.25, -0.2) is 4.79 Å². The first-order valence-corrected chi connectivity index (χ1v) is 8.98. The Labute approximate surface area is 159 Å². The van der Waals surface area contributed by atoms with Crippen LogP contribution >= 0.6 is 0 Å². The maximum absolute atomic E-state index is 13.1. The third-order valence-corrected chi connectivity index (χ3v) is 4.81. The summed E-state index contributed by atoms with van der Waals surface area (Å²) in [5, 5.41) is 2.96. The van der Waals surface area contributed by atoms with Crippen LogP contribution in [0.3, 0.4) is 0 Å². The molecule has 2 aliphatic rings. The average molecular weight is 371 g/mol. The molecule has 3 amide bonds. The van der Waals surface area contributed by atoms with Crippen LogP contribution in [0.5, 0.6) is 11.5 Å². The van der Waals surface area contributed by atoms with Crippen LogP contribution in [0.4, 0.5) is 4.79 Å². The Kier molecular flexibility index (Phi) is 5.39. The van der Waals surface area contributed by atoms with Crippen LogP contribution in [0.25, 0.3) is 0 Å². The highest BCUT2D eigenvalue weighted by Crippen LogP contribution is 2.38. The Morgan fingerprint density at radius 2 is 1.89 bits per heavy atom. The van der Waals surface area contributed by atoms with Gasteiger partial charge in [-0.2, -0.15) is 0 Å². The monoisotopic (exact) mass is 371 g/mol. The van der Waals surface area contributed by atoms with Gasteiger partial charge in [-0.3, -0.25) is 9.69 Å². The molecule has 1 aromatic carbocycles. The molecular weight excluding hydrogens is 346 g/mol. The number of carbonyl (C=O) groups excluding carboxylic acids is 2. The molecule has 1 atom stereocenters. The Morgan fingerprint density at radius 1 is 1.22 bits per heavy atom. The van der Waals surface area contributed by atoms with Gasteiger partial charge in [-0.05, 0) is 24.1 Å². The van der Waals surface area contributed by atoms with E-state index in [1.54, 1.807) is 36.2 Å². The van der Waals surface area contributed by atoms with E-state index in [1.165, 1.54) is 0 Å². The van der Waals surface area contributed by atoms with E-state index in [-0.39, 0.29) is 11.9 Å². The number of carbonyl (C=O) groups is 2. The van der Waals surface area contributed by atoms with Crippen LogP contribution in [-0.4, -0.2) is 55.6 Å². The van der Waals surface area contributed by atoms with Gasteiger partial charge >= 0.3 is 6.03 Å². The molecule has 144 valence electrons. The van der Waals surface area contributed by atoms with Gasteiger partial charge in [0.05, 0.1) is 38.1 Å². The van der Waals surface area contributed by atoms with Gasteiger partial charge in [-0.15, -0.1) is 6.58 Å². The summed E-state index contributed by atoms with van der Waals surface area (Å²) >= 11 is 0. The normalized spacial score (nSPS) is 19.1. The zero-order valence-corrected chi connectivity index (χ0v) is 15.9. The summed E-state index contributed by atoms with van der Waals surface area (Å²) in [6, 6.07) is 4.60. The van der Waals surface area contributed by atoms with E-state index in [0.717, 1.165) is 17.7 Å². The van der Waals surface area contributed by atoms with Crippen molar-refractivity contribution in [2.24, 2.45) is 0 Å². The molecule has 27 heavy (non-hydrogen) atoms. The minimum atomic E-state index is -0.549. The van der Waals surface area contributed by atoms with E-state index < -0.39 is 6.04 Å². The van der Waals surface area contributed by atoms with Crippen LogP contribution in [0.15, 0.2) is 42.1 Å². The largest absolute Gasteiger partial charge is 0.497 e. The lowest BCUT2D eigenvalue weighted by Crippen LogP contribution is -2.47. The van der Waals surface area contributed by atoms with Crippen LogP contribution in [0, 0.1) is 0 Å². The number of benzene rings is 1. The smallest absolute Gasteiger partial charge is 0.322 e. The minimum Gasteiger partial charge on any atom is -0.497 e. The molecule has 0 fully saturated rings. The highest BCUT2D eigenvalue weighted by Gasteiger charge is 2.43. The summed E-state index contributed by atoms with van der Waals surface area (Å²) in [7, 11) is 3.14. The van der Waals surface area contributed by atoms with Crippen molar-refractivity contribution in [3.8, 4) is 11.5 Å². The molecule has 3 rings (SSSR count). The van der Waals surface area contributed by atoms with Gasteiger partial charge in [0.1, 0.15) is 11.5 Å². The number of methoxy groups -OCH3 is 2. The Morgan fingerprint density at radius 3 is 2.44 bits per heavy atom. The maximum atomic E-state index is 13.1. The molecule has 2 aliphatic heterocycles. The summed E-state index contributed by atoms with van der Waals surface area (Å²) in [6.45, 7) is 7.19. The second kappa shape index (κ2) is 7.73. The molecule has 1 N–H and O–H groups in total. The SMILES string of the molecule is C=CCN1C(=O)NC(c2cc(OC)cc(OC)c2)C2=C1CN(CCC)C2=O. The van der Waals surface area contributed by atoms with Gasteiger partial charge < -0.3 is 19.7 Å². The Balaban J connectivity index is 2.09. The Hall–Kier alpha value is -2.96. The molecule has 0 radical (unpaired) electrons. The van der Waals surface area contributed by atoms with Gasteiger partial charge in [0.2, 0.25) is 0 Å². The highest BCUT2D eigenvalue weighted by atomic mass is 16.5. The molecule has 7 heteroatoms. The maximum Gasteiger partial charge on any atom is 0.322 e. The van der Waals surface area contributed by atoms with E-state index in [1.807, 2.05) is 19.1 Å². The Bertz CT molecular complexity index is 780. The van der Waals surface area contributed by atoms with Crippen molar-refractivity contribution in [1.82, 2.24) is 15.1 Å². The molecule has 0 spiro atoms. The van der Waals surface area contributed by atoms with Crippen molar-refractivity contribution in [3.63, 3.8) is 0 Å². The topological polar surface area (TPSA) is 71.1 Å². The summed E-state index contributed by atoms with van der Waals surface area (Å²) < 4.78 is 10.7. The van der Waals surface area contributed by atoms with Crippen molar-refractivity contribution in [2.75, 3.05) is 33.9 Å². The van der Waals surface area contributed by atoms with Gasteiger partial charge in [0, 0.05) is 19.2 Å². The fourth-order valence-corrected chi connectivity index (χ4v) is 3.57. The number of amides is 3. The lowest BCUT2D eigenvalue weighted by atomic mass is 9.95. The van der Waals surface area contributed by atoms with E-state index in [2.05, 4.69) is 11.9 Å². The molecule has 0 saturated carbocycles. The zero-order valence-electron chi connectivity index (χ0n) is 15.9. The zero-order chi connectivity index (χ0) is 19.6. The quantitative estimate of drug-likeness (QED) is 0.748. The molecule has 1 aromatic rings. The second-order valence-corrected chi connectivity index (χ2v) is 6.51. The molecule has 2 heterocycles. The summed E-state index contributed by atoms with van der Waals surface area (Å²) in [5.41, 5.74) is 2.08. The lowest BCUT2D eigenvalue weighted by Gasteiger charge is -2.33. The van der Waals surface area contributed by atoms with Gasteiger partial charge in [0.15, 0.2) is 0 Å². The fraction of sp³-hybridized carbons (Fsp3) is 0.400. The van der Waals surface area contributed by atoms with Crippen molar-refractivity contribution in [2.45, 2.75) is 19.4 Å². The molecule has 0 saturated heterocycles. The van der Waals surface area contributed by atoms with Crippen LogP contribution in [0.1, 0.15) is 24.9 Å². The third kappa shape index (κ3) is 3.37. The predicted octanol–water partition coefficient (Wildman–Crippen LogP) is 2.46. The van der Waals surface area contributed by atoms with Crippen LogP contribution < -0.4 is 14.8 Å². The highest BCUT2D eigenvalue weighted by molar-refractivity contribution is 6.01. The number of ether oxygens (including phenoxy) is 2. The molecule has 0 bridgehead atoms. The first-order valence-electron chi connectivity index (χ1n) is 8.98. The average Bonchev–Trinajstić information content (AvgIpc) is 3.00. The number of nitrogens with one attached hydrogen (secondary N) is 1. The van der Waals surface area contributed by atoms with E-state index in [9.17, 15) is 9.59 Å². The lowest BCUT2D eigenvalue weighted by molar-refractivity contribution is -0.125. The second-order valence-electron chi connectivity index (χ2n) is 6.51. The van der Waals surface area contributed by atoms with Crippen LogP contribution in [0.2, 0.25) is 0 Å². The van der Waals surface area contributed by atoms with Crippen molar-refractivity contribution >= 4 is 11.9 Å².